The summed E-state index contributed by atoms with van der Waals surface area (Å²) >= 11 is 0. The number of hydrogen-bond acceptors (Lipinski definition) is 2. The molecule has 0 aromatic rings. The summed E-state index contributed by atoms with van der Waals surface area (Å²) in [7, 11) is 0. The molecular weight excluding hydrogens is 212 g/mol. The van der Waals surface area contributed by atoms with Crippen molar-refractivity contribution in [2.45, 2.75) is 71.9 Å². The van der Waals surface area contributed by atoms with Crippen molar-refractivity contribution in [1.29, 1.82) is 0 Å². The number of carbonyl (C=O) groups excluding carboxylic acids is 1. The summed E-state index contributed by atoms with van der Waals surface area (Å²) in [5.74, 6) is 0.114. The molecule has 1 saturated carbocycles. The maximum absolute atomic E-state index is 11.5. The molecule has 0 bridgehead atoms. The van der Waals surface area contributed by atoms with Gasteiger partial charge in [0.2, 0.25) is 5.91 Å². The van der Waals surface area contributed by atoms with Crippen molar-refractivity contribution >= 4 is 5.91 Å². The fourth-order valence-electron chi connectivity index (χ4n) is 2.48. The van der Waals surface area contributed by atoms with Crippen LogP contribution in [0.5, 0.6) is 0 Å². The van der Waals surface area contributed by atoms with Crippen LogP contribution in [-0.2, 0) is 4.79 Å². The van der Waals surface area contributed by atoms with Crippen LogP contribution in [0.4, 0.5) is 0 Å². The molecule has 1 unspecified atom stereocenters. The zero-order valence-electron chi connectivity index (χ0n) is 11.8. The number of hydrogen-bond donors (Lipinski definition) is 2. The van der Waals surface area contributed by atoms with Gasteiger partial charge in [-0.2, -0.15) is 0 Å². The Morgan fingerprint density at radius 1 is 1.29 bits per heavy atom. The second-order valence-corrected chi connectivity index (χ2v) is 6.40. The Kier molecular flexibility index (Phi) is 5.44. The highest BCUT2D eigenvalue weighted by Crippen LogP contribution is 2.33. The van der Waals surface area contributed by atoms with Crippen molar-refractivity contribution in [3.63, 3.8) is 0 Å². The van der Waals surface area contributed by atoms with Gasteiger partial charge in [-0.05, 0) is 44.9 Å². The second-order valence-electron chi connectivity index (χ2n) is 6.40. The monoisotopic (exact) mass is 240 g/mol. The Morgan fingerprint density at radius 2 is 2.00 bits per heavy atom. The standard InChI is InChI=1S/C14H28N2O/c1-11(2)16-13(17)10-15-12-6-5-8-14(3,4)9-7-12/h11-12,15H,5-10H2,1-4H3,(H,16,17). The minimum Gasteiger partial charge on any atom is -0.353 e. The lowest BCUT2D eigenvalue weighted by atomic mass is 9.85. The van der Waals surface area contributed by atoms with Crippen LogP contribution in [0.3, 0.4) is 0 Å². The zero-order chi connectivity index (χ0) is 12.9. The maximum atomic E-state index is 11.5. The molecule has 3 heteroatoms. The predicted octanol–water partition coefficient (Wildman–Crippen LogP) is 2.46. The number of carbonyl (C=O) groups is 1. The average molecular weight is 240 g/mol. The minimum atomic E-state index is 0.114. The van der Waals surface area contributed by atoms with Crippen molar-refractivity contribution in [3.8, 4) is 0 Å². The minimum absolute atomic E-state index is 0.114. The van der Waals surface area contributed by atoms with Crippen LogP contribution in [-0.4, -0.2) is 24.5 Å². The van der Waals surface area contributed by atoms with Gasteiger partial charge in [-0.1, -0.05) is 20.3 Å². The molecule has 1 atom stereocenters. The van der Waals surface area contributed by atoms with Crippen LogP contribution in [0.1, 0.15) is 59.8 Å². The van der Waals surface area contributed by atoms with Crippen LogP contribution in [0, 0.1) is 5.41 Å². The summed E-state index contributed by atoms with van der Waals surface area (Å²) in [5, 5.41) is 6.31. The first kappa shape index (κ1) is 14.5. The molecule has 0 spiro atoms. The average Bonchev–Trinajstić information content (AvgIpc) is 2.35. The number of rotatable bonds is 4. The van der Waals surface area contributed by atoms with E-state index in [1.54, 1.807) is 0 Å². The normalized spacial score (nSPS) is 24.4. The summed E-state index contributed by atoms with van der Waals surface area (Å²) in [6.07, 6.45) is 6.25. The molecule has 1 amide bonds. The van der Waals surface area contributed by atoms with Crippen LogP contribution >= 0.6 is 0 Å². The highest BCUT2D eigenvalue weighted by Gasteiger charge is 2.24. The SMILES string of the molecule is CC(C)NC(=O)CNC1CCCC(C)(C)CC1. The fraction of sp³-hybridized carbons (Fsp3) is 0.929. The zero-order valence-corrected chi connectivity index (χ0v) is 11.8. The lowest BCUT2D eigenvalue weighted by Crippen LogP contribution is -2.41. The Labute approximate surface area is 106 Å². The molecule has 1 aliphatic carbocycles. The summed E-state index contributed by atoms with van der Waals surface area (Å²) in [6.45, 7) is 9.14. The Hall–Kier alpha value is -0.570. The Bertz CT molecular complexity index is 249. The van der Waals surface area contributed by atoms with E-state index in [0.29, 0.717) is 18.0 Å². The van der Waals surface area contributed by atoms with Gasteiger partial charge in [0.15, 0.2) is 0 Å². The van der Waals surface area contributed by atoms with Crippen molar-refractivity contribution in [2.24, 2.45) is 5.41 Å². The third-order valence-corrected chi connectivity index (χ3v) is 3.58. The third kappa shape index (κ3) is 6.06. The smallest absolute Gasteiger partial charge is 0.234 e. The van der Waals surface area contributed by atoms with E-state index in [1.807, 2.05) is 13.8 Å². The third-order valence-electron chi connectivity index (χ3n) is 3.58. The highest BCUT2D eigenvalue weighted by molar-refractivity contribution is 5.78. The first-order valence-corrected chi connectivity index (χ1v) is 6.92. The lowest BCUT2D eigenvalue weighted by Gasteiger charge is -2.22. The molecule has 0 heterocycles. The molecule has 0 saturated heterocycles. The molecule has 17 heavy (non-hydrogen) atoms. The highest BCUT2D eigenvalue weighted by atomic mass is 16.1. The molecule has 2 N–H and O–H groups in total. The fourth-order valence-corrected chi connectivity index (χ4v) is 2.48. The lowest BCUT2D eigenvalue weighted by molar-refractivity contribution is -0.120. The van der Waals surface area contributed by atoms with E-state index in [-0.39, 0.29) is 11.9 Å². The van der Waals surface area contributed by atoms with Gasteiger partial charge in [-0.25, -0.2) is 0 Å². The van der Waals surface area contributed by atoms with E-state index in [9.17, 15) is 4.79 Å². The predicted molar refractivity (Wildman–Crippen MR) is 71.9 cm³/mol. The molecular formula is C14H28N2O. The van der Waals surface area contributed by atoms with Crippen LogP contribution in [0.25, 0.3) is 0 Å². The van der Waals surface area contributed by atoms with E-state index in [4.69, 9.17) is 0 Å². The van der Waals surface area contributed by atoms with Crippen molar-refractivity contribution in [1.82, 2.24) is 10.6 Å². The molecule has 0 aromatic heterocycles. The molecule has 1 aliphatic rings. The van der Waals surface area contributed by atoms with Crippen LogP contribution in [0.15, 0.2) is 0 Å². The summed E-state index contributed by atoms with van der Waals surface area (Å²) in [6, 6.07) is 0.757. The molecule has 1 fully saturated rings. The van der Waals surface area contributed by atoms with Gasteiger partial charge in [0.25, 0.3) is 0 Å². The van der Waals surface area contributed by atoms with E-state index >= 15 is 0 Å². The molecule has 0 radical (unpaired) electrons. The second kappa shape index (κ2) is 6.39. The van der Waals surface area contributed by atoms with Crippen molar-refractivity contribution in [2.75, 3.05) is 6.54 Å². The Morgan fingerprint density at radius 3 is 2.65 bits per heavy atom. The van der Waals surface area contributed by atoms with Crippen molar-refractivity contribution < 1.29 is 4.79 Å². The summed E-state index contributed by atoms with van der Waals surface area (Å²) in [4.78, 5) is 11.5. The van der Waals surface area contributed by atoms with E-state index in [1.165, 1.54) is 32.1 Å². The largest absolute Gasteiger partial charge is 0.353 e. The van der Waals surface area contributed by atoms with Gasteiger partial charge in [0.1, 0.15) is 0 Å². The van der Waals surface area contributed by atoms with Gasteiger partial charge >= 0.3 is 0 Å². The number of amides is 1. The first-order valence-electron chi connectivity index (χ1n) is 6.92. The topological polar surface area (TPSA) is 41.1 Å². The molecule has 100 valence electrons. The Balaban J connectivity index is 2.26. The molecule has 1 rings (SSSR count). The summed E-state index contributed by atoms with van der Waals surface area (Å²) in [5.41, 5.74) is 0.483. The molecule has 0 aliphatic heterocycles. The van der Waals surface area contributed by atoms with E-state index < -0.39 is 0 Å². The maximum Gasteiger partial charge on any atom is 0.234 e. The van der Waals surface area contributed by atoms with Gasteiger partial charge in [-0.15, -0.1) is 0 Å². The van der Waals surface area contributed by atoms with Gasteiger partial charge in [0, 0.05) is 12.1 Å². The quantitative estimate of drug-likeness (QED) is 0.741. The van der Waals surface area contributed by atoms with Crippen LogP contribution < -0.4 is 10.6 Å². The van der Waals surface area contributed by atoms with E-state index in [0.717, 1.165) is 0 Å². The van der Waals surface area contributed by atoms with Gasteiger partial charge in [-0.3, -0.25) is 4.79 Å². The van der Waals surface area contributed by atoms with Crippen LogP contribution in [0.2, 0.25) is 0 Å². The van der Waals surface area contributed by atoms with E-state index in [2.05, 4.69) is 24.5 Å². The summed E-state index contributed by atoms with van der Waals surface area (Å²) < 4.78 is 0. The van der Waals surface area contributed by atoms with Crippen molar-refractivity contribution in [3.05, 3.63) is 0 Å². The van der Waals surface area contributed by atoms with Gasteiger partial charge < -0.3 is 10.6 Å². The molecule has 3 nitrogen and oxygen atoms in total. The molecule has 0 aromatic carbocycles. The first-order chi connectivity index (χ1) is 7.89. The number of nitrogens with one attached hydrogen (secondary N) is 2. The van der Waals surface area contributed by atoms with Gasteiger partial charge in [0.05, 0.1) is 6.54 Å².